The predicted molar refractivity (Wildman–Crippen MR) is 228 cm³/mol. The molecule has 0 aliphatic carbocycles. The van der Waals surface area contributed by atoms with Gasteiger partial charge in [-0.15, -0.1) is 0 Å². The van der Waals surface area contributed by atoms with Crippen LogP contribution >= 0.6 is 0 Å². The van der Waals surface area contributed by atoms with Crippen molar-refractivity contribution in [3.63, 3.8) is 0 Å². The Morgan fingerprint density at radius 3 is 1.31 bits per heavy atom. The Kier molecular flexibility index (Phi) is 16.7. The van der Waals surface area contributed by atoms with E-state index in [-0.39, 0.29) is 83.8 Å². The number of carbonyl (C=O) groups is 4. The van der Waals surface area contributed by atoms with Gasteiger partial charge >= 0.3 is 23.9 Å². The second-order valence-electron chi connectivity index (χ2n) is 12.8. The van der Waals surface area contributed by atoms with Gasteiger partial charge in [-0.05, 0) is 34.9 Å². The average Bonchev–Trinajstić information content (AvgIpc) is 3.21. The van der Waals surface area contributed by atoms with E-state index in [0.29, 0.717) is 33.4 Å². The molecule has 0 bridgehead atoms. The summed E-state index contributed by atoms with van der Waals surface area (Å²) in [6.07, 6.45) is -0.635. The molecule has 11 nitrogen and oxygen atoms in total. The largest absolute Gasteiger partial charge is 0.461 e. The van der Waals surface area contributed by atoms with Crippen LogP contribution in [0.1, 0.15) is 85.9 Å². The van der Waals surface area contributed by atoms with Crippen molar-refractivity contribution in [2.75, 3.05) is 12.4 Å². The number of benzene rings is 4. The highest BCUT2D eigenvalue weighted by atomic mass is 32.2. The Hall–Kier alpha value is -4.75. The minimum Gasteiger partial charge on any atom is -0.461 e. The van der Waals surface area contributed by atoms with Gasteiger partial charge in [0.15, 0.2) is 11.5 Å². The average molecular weight is 791 g/mol. The quantitative estimate of drug-likeness (QED) is 0.0649. The molecule has 0 saturated heterocycles. The van der Waals surface area contributed by atoms with Crippen LogP contribution in [0.3, 0.4) is 0 Å². The summed E-state index contributed by atoms with van der Waals surface area (Å²) in [5.41, 5.74) is 2.17. The van der Waals surface area contributed by atoms with Crippen molar-refractivity contribution in [1.82, 2.24) is 0 Å². The summed E-state index contributed by atoms with van der Waals surface area (Å²) in [7, 11) is 48.9. The summed E-state index contributed by atoms with van der Waals surface area (Å²) in [4.78, 5) is 55.8. The summed E-state index contributed by atoms with van der Waals surface area (Å²) >= 11 is 0. The third-order valence-electron chi connectivity index (χ3n) is 9.00. The first-order chi connectivity index (χ1) is 28.1. The van der Waals surface area contributed by atoms with Crippen LogP contribution in [0, 0.1) is 0 Å². The number of hydrogen-bond donors (Lipinski definition) is 1. The molecule has 280 valence electrons. The highest BCUT2D eigenvalue weighted by Crippen LogP contribution is 2.37. The molecule has 0 atom stereocenters. The van der Waals surface area contributed by atoms with Gasteiger partial charge in [-0.2, -0.15) is 8.42 Å². The molecule has 1 N–H and O–H groups in total. The van der Waals surface area contributed by atoms with Crippen molar-refractivity contribution < 1.29 is 51.1 Å². The molecule has 0 fully saturated rings. The van der Waals surface area contributed by atoms with Crippen molar-refractivity contribution in [2.24, 2.45) is 0 Å². The summed E-state index contributed by atoms with van der Waals surface area (Å²) < 4.78 is 54.6. The van der Waals surface area contributed by atoms with E-state index in [1.54, 1.807) is 12.1 Å². The monoisotopic (exact) mass is 792 g/mol. The first-order valence-corrected chi connectivity index (χ1v) is 19.4. The van der Waals surface area contributed by atoms with Gasteiger partial charge < -0.3 is 18.9 Å². The molecule has 0 aliphatic rings. The lowest BCUT2D eigenvalue weighted by atomic mass is 9.78. The molecule has 0 spiro atoms. The van der Waals surface area contributed by atoms with Crippen LogP contribution in [0.15, 0.2) is 48.5 Å². The fourth-order valence-corrected chi connectivity index (χ4v) is 6.39. The van der Waals surface area contributed by atoms with E-state index >= 15 is 0 Å². The van der Waals surface area contributed by atoms with Crippen LogP contribution in [-0.2, 0) is 65.4 Å². The highest BCUT2D eigenvalue weighted by molar-refractivity contribution is 7.85. The van der Waals surface area contributed by atoms with Crippen LogP contribution in [0.4, 0.5) is 0 Å². The number of esters is 4. The van der Waals surface area contributed by atoms with E-state index in [2.05, 4.69) is 0 Å². The number of hydrogen-bond acceptors (Lipinski definition) is 10. The highest BCUT2D eigenvalue weighted by Gasteiger charge is 2.30. The molecule has 4 aromatic rings. The molecule has 4 rings (SSSR count). The van der Waals surface area contributed by atoms with Crippen molar-refractivity contribution >= 4 is 110 Å². The molecule has 0 aromatic heterocycles. The fraction of sp³-hybridized carbons (Fsp3) is 0.263. The molecule has 59 heavy (non-hydrogen) atoms. The number of ether oxygens (including phenoxy) is 4. The molecule has 18 radical (unpaired) electrons. The Labute approximate surface area is 355 Å². The fourth-order valence-electron chi connectivity index (χ4n) is 6.10. The zero-order valence-electron chi connectivity index (χ0n) is 31.8. The maximum Gasteiger partial charge on any atom is 0.345 e. The van der Waals surface area contributed by atoms with Gasteiger partial charge in [0.25, 0.3) is 10.1 Å². The van der Waals surface area contributed by atoms with Crippen molar-refractivity contribution in [3.05, 3.63) is 115 Å². The lowest BCUT2D eigenvalue weighted by Crippen LogP contribution is -2.23. The van der Waals surface area contributed by atoms with E-state index in [0.717, 1.165) is 12.1 Å². The SMILES string of the molecule is [B]Cc1cc([B])c(C[B])c(C(=O)Oc2cc(OC(=O)c3cc(C[B])cc(C[B])c3C[B])cc(OC(=O)c3cc(C[B])cc(C[B])c3C[B])c2C(=O)OCCS(=O)(=O)O)c1. The third-order valence-corrected chi connectivity index (χ3v) is 9.68. The predicted octanol–water partition coefficient (Wildman–Crippen LogP) is 0.531. The van der Waals surface area contributed by atoms with Crippen molar-refractivity contribution in [3.8, 4) is 17.2 Å². The Bertz CT molecular complexity index is 2370. The number of rotatable bonds is 18. The van der Waals surface area contributed by atoms with Crippen LogP contribution in [0.25, 0.3) is 0 Å². The molecular weight excluding hydrogens is 762 g/mol. The van der Waals surface area contributed by atoms with Crippen LogP contribution in [0.5, 0.6) is 17.2 Å². The van der Waals surface area contributed by atoms with Crippen molar-refractivity contribution in [1.29, 1.82) is 0 Å². The zero-order valence-corrected chi connectivity index (χ0v) is 32.6. The first kappa shape index (κ1) is 46.9. The van der Waals surface area contributed by atoms with Crippen LogP contribution < -0.4 is 19.7 Å². The molecule has 0 aliphatic heterocycles. The summed E-state index contributed by atoms with van der Waals surface area (Å²) in [6.45, 7) is -0.903. The standard InChI is InChI=1S/C38H29B9O11S/c39-11-19-3-22(14-42)28(16-44)25(5-19)35(48)56-24-9-32(57-36(49)26-6-20(12-40)4-23(15-43)29(26)17-45)34(38(51)55-1-2-59(52,53)54)33(10-24)58-37(50)27-7-21(13-41)8-31(47)30(27)18-46/h3-10H,1-2,11-18H2,(H,52,53,54). The number of carbonyl (C=O) groups excluding carboxylic acids is 4. The van der Waals surface area contributed by atoms with Gasteiger partial charge in [0, 0.05) is 12.1 Å². The molecule has 21 heteroatoms. The van der Waals surface area contributed by atoms with Crippen LogP contribution in [0.2, 0.25) is 0 Å². The lowest BCUT2D eigenvalue weighted by molar-refractivity contribution is 0.0516. The minimum absolute atomic E-state index is 0.00207. The van der Waals surface area contributed by atoms with Crippen LogP contribution in [-0.4, -0.2) is 120 Å². The van der Waals surface area contributed by atoms with Crippen molar-refractivity contribution in [2.45, 2.75) is 50.6 Å². The molecule has 4 aromatic carbocycles. The third kappa shape index (κ3) is 11.5. The molecule has 0 saturated carbocycles. The van der Waals surface area contributed by atoms with Gasteiger partial charge in [-0.3, -0.25) is 4.55 Å². The van der Waals surface area contributed by atoms with E-state index in [9.17, 15) is 32.1 Å². The minimum atomic E-state index is -4.63. The molecule has 0 heterocycles. The lowest BCUT2D eigenvalue weighted by Gasteiger charge is -2.19. The van der Waals surface area contributed by atoms with Gasteiger partial charge in [-0.25, -0.2) is 19.2 Å². The second-order valence-corrected chi connectivity index (χ2v) is 14.4. The topological polar surface area (TPSA) is 160 Å². The molecule has 0 amide bonds. The maximum absolute atomic E-state index is 14.1. The van der Waals surface area contributed by atoms with Gasteiger partial charge in [0.2, 0.25) is 0 Å². The maximum atomic E-state index is 14.1. The zero-order chi connectivity index (χ0) is 43.6. The van der Waals surface area contributed by atoms with Gasteiger partial charge in [-0.1, -0.05) is 102 Å². The summed E-state index contributed by atoms with van der Waals surface area (Å²) in [5.74, 6) is -7.58. The van der Waals surface area contributed by atoms with E-state index < -0.39 is 69.2 Å². The molecule has 0 unspecified atom stereocenters. The Balaban J connectivity index is 1.99. The Morgan fingerprint density at radius 2 is 0.915 bits per heavy atom. The second kappa shape index (κ2) is 21.0. The van der Waals surface area contributed by atoms with Gasteiger partial charge in [0.1, 0.15) is 31.5 Å². The first-order valence-electron chi connectivity index (χ1n) is 17.8. The van der Waals surface area contributed by atoms with E-state index in [1.165, 1.54) is 24.3 Å². The van der Waals surface area contributed by atoms with E-state index in [1.807, 2.05) is 0 Å². The molecular formula is C38H29B9O11S. The van der Waals surface area contributed by atoms with E-state index in [4.69, 9.17) is 89.6 Å². The van der Waals surface area contributed by atoms with Gasteiger partial charge in [0.05, 0.1) is 79.5 Å². The smallest absolute Gasteiger partial charge is 0.345 e. The summed E-state index contributed by atoms with van der Waals surface area (Å²) in [6, 6.07) is 10.9. The summed E-state index contributed by atoms with van der Waals surface area (Å²) in [5, 5.41) is 0. The Morgan fingerprint density at radius 1 is 0.508 bits per heavy atom. The normalized spacial score (nSPS) is 11.1.